The van der Waals surface area contributed by atoms with Gasteiger partial charge in [-0.25, -0.2) is 12.7 Å². The highest BCUT2D eigenvalue weighted by Gasteiger charge is 2.19. The van der Waals surface area contributed by atoms with Gasteiger partial charge in [-0.15, -0.1) is 0 Å². The van der Waals surface area contributed by atoms with Crippen LogP contribution in [0.5, 0.6) is 5.75 Å². The van der Waals surface area contributed by atoms with Gasteiger partial charge in [0.25, 0.3) is 0 Å². The van der Waals surface area contributed by atoms with Crippen molar-refractivity contribution in [1.82, 2.24) is 8.87 Å². The molecule has 1 amide bonds. The number of hydrogen-bond acceptors (Lipinski definition) is 6. The number of rotatable bonds is 7. The molecular weight excluding hydrogens is 448 g/mol. The molecule has 0 aliphatic carbocycles. The van der Waals surface area contributed by atoms with Gasteiger partial charge in [0.1, 0.15) is 12.3 Å². The summed E-state index contributed by atoms with van der Waals surface area (Å²) in [7, 11) is -0.821. The quantitative estimate of drug-likeness (QED) is 0.555. The summed E-state index contributed by atoms with van der Waals surface area (Å²) in [6.45, 7) is 2.31. The highest BCUT2D eigenvalue weighted by molar-refractivity contribution is 7.89. The van der Waals surface area contributed by atoms with E-state index in [1.807, 2.05) is 13.0 Å². The molecule has 8 nitrogen and oxygen atoms in total. The van der Waals surface area contributed by atoms with E-state index in [-0.39, 0.29) is 27.0 Å². The SMILES string of the molecule is CCOc1ccc2c(c1)sc(=N)n2CC(=O)Nc1cc(S(=O)(=O)N(C)C)ccc1Cl. The van der Waals surface area contributed by atoms with Crippen molar-refractivity contribution >= 4 is 54.8 Å². The number of ether oxygens (including phenoxy) is 1. The third-order valence-corrected chi connectivity index (χ3v) is 7.38. The maximum Gasteiger partial charge on any atom is 0.244 e. The number of carbonyl (C=O) groups is 1. The number of halogens is 1. The van der Waals surface area contributed by atoms with Crippen molar-refractivity contribution < 1.29 is 17.9 Å². The lowest BCUT2D eigenvalue weighted by molar-refractivity contribution is -0.116. The molecule has 0 atom stereocenters. The Hall–Kier alpha value is -2.40. The van der Waals surface area contributed by atoms with E-state index in [9.17, 15) is 13.2 Å². The highest BCUT2D eigenvalue weighted by Crippen LogP contribution is 2.27. The summed E-state index contributed by atoms with van der Waals surface area (Å²) in [5.41, 5.74) is 0.925. The summed E-state index contributed by atoms with van der Waals surface area (Å²) in [5.74, 6) is 0.275. The number of amides is 1. The van der Waals surface area contributed by atoms with E-state index < -0.39 is 15.9 Å². The maximum atomic E-state index is 12.6. The number of nitrogens with zero attached hydrogens (tertiary/aromatic N) is 2. The van der Waals surface area contributed by atoms with Crippen LogP contribution < -0.4 is 14.9 Å². The second kappa shape index (κ2) is 8.76. The largest absolute Gasteiger partial charge is 0.494 e. The van der Waals surface area contributed by atoms with E-state index in [4.69, 9.17) is 21.7 Å². The fourth-order valence-corrected chi connectivity index (χ4v) is 4.82. The monoisotopic (exact) mass is 468 g/mol. The maximum absolute atomic E-state index is 12.6. The lowest BCUT2D eigenvalue weighted by atomic mass is 10.3. The zero-order valence-corrected chi connectivity index (χ0v) is 19.0. The molecular formula is C19H21ClN4O4S2. The molecule has 3 rings (SSSR count). The van der Waals surface area contributed by atoms with Crippen LogP contribution in [-0.4, -0.2) is 43.9 Å². The summed E-state index contributed by atoms with van der Waals surface area (Å²) < 4.78 is 33.6. The van der Waals surface area contributed by atoms with E-state index >= 15 is 0 Å². The average molecular weight is 469 g/mol. The number of fused-ring (bicyclic) bond motifs is 1. The van der Waals surface area contributed by atoms with Gasteiger partial charge >= 0.3 is 0 Å². The molecule has 3 aromatic rings. The first kappa shape index (κ1) is 22.3. The predicted octanol–water partition coefficient (Wildman–Crippen LogP) is 3.12. The Morgan fingerprint density at radius 2 is 2.00 bits per heavy atom. The van der Waals surface area contributed by atoms with Crippen LogP contribution in [0.3, 0.4) is 0 Å². The molecule has 30 heavy (non-hydrogen) atoms. The second-order valence-electron chi connectivity index (χ2n) is 6.53. The minimum absolute atomic E-state index is 0.0190. The van der Waals surface area contributed by atoms with Crippen LogP contribution in [0.4, 0.5) is 5.69 Å². The summed E-state index contributed by atoms with van der Waals surface area (Å²) in [5, 5.41) is 11.1. The van der Waals surface area contributed by atoms with Crippen molar-refractivity contribution in [2.24, 2.45) is 0 Å². The number of sulfonamides is 1. The minimum Gasteiger partial charge on any atom is -0.494 e. The van der Waals surface area contributed by atoms with E-state index in [0.717, 1.165) is 14.5 Å². The van der Waals surface area contributed by atoms with Crippen molar-refractivity contribution in [1.29, 1.82) is 5.41 Å². The molecule has 1 heterocycles. The van der Waals surface area contributed by atoms with Gasteiger partial charge in [-0.1, -0.05) is 22.9 Å². The van der Waals surface area contributed by atoms with Gasteiger partial charge in [-0.2, -0.15) is 0 Å². The second-order valence-corrected chi connectivity index (χ2v) is 10.1. The highest BCUT2D eigenvalue weighted by atomic mass is 35.5. The molecule has 0 radical (unpaired) electrons. The van der Waals surface area contributed by atoms with Crippen LogP contribution in [0.15, 0.2) is 41.3 Å². The summed E-state index contributed by atoms with van der Waals surface area (Å²) in [4.78, 5) is 12.9. The number of anilines is 1. The summed E-state index contributed by atoms with van der Waals surface area (Å²) in [6, 6.07) is 9.56. The Labute approximate surface area is 183 Å². The summed E-state index contributed by atoms with van der Waals surface area (Å²) in [6.07, 6.45) is 0. The standard InChI is InChI=1S/C19H21ClN4O4S2/c1-4-28-12-5-8-16-17(9-12)29-19(21)24(16)11-18(25)22-15-10-13(6-7-14(15)20)30(26,27)23(2)3/h5-10,21H,4,11H2,1-3H3,(H,22,25). The van der Waals surface area contributed by atoms with Crippen molar-refractivity contribution in [3.8, 4) is 5.75 Å². The van der Waals surface area contributed by atoms with Crippen molar-refractivity contribution in [3.63, 3.8) is 0 Å². The lowest BCUT2D eigenvalue weighted by Crippen LogP contribution is -2.25. The third kappa shape index (κ3) is 4.51. The molecule has 0 bridgehead atoms. The molecule has 0 aliphatic rings. The van der Waals surface area contributed by atoms with Crippen LogP contribution in [0.25, 0.3) is 10.2 Å². The molecule has 160 valence electrons. The number of hydrogen-bond donors (Lipinski definition) is 2. The van der Waals surface area contributed by atoms with Gasteiger partial charge < -0.3 is 14.6 Å². The fourth-order valence-electron chi connectivity index (χ4n) is 2.79. The van der Waals surface area contributed by atoms with Crippen LogP contribution in [0.2, 0.25) is 5.02 Å². The Kier molecular flexibility index (Phi) is 6.51. The molecule has 1 aromatic heterocycles. The van der Waals surface area contributed by atoms with Crippen molar-refractivity contribution in [3.05, 3.63) is 46.2 Å². The molecule has 0 unspecified atom stereocenters. The van der Waals surface area contributed by atoms with Crippen LogP contribution in [0, 0.1) is 5.41 Å². The van der Waals surface area contributed by atoms with Crippen LogP contribution >= 0.6 is 22.9 Å². The average Bonchev–Trinajstić information content (AvgIpc) is 2.98. The van der Waals surface area contributed by atoms with Gasteiger partial charge in [0.05, 0.1) is 32.4 Å². The molecule has 2 N–H and O–H groups in total. The van der Waals surface area contributed by atoms with Gasteiger partial charge in [-0.05, 0) is 43.3 Å². The van der Waals surface area contributed by atoms with Crippen LogP contribution in [0.1, 0.15) is 6.92 Å². The topological polar surface area (TPSA) is 104 Å². The van der Waals surface area contributed by atoms with Gasteiger partial charge in [0.15, 0.2) is 4.80 Å². The zero-order chi connectivity index (χ0) is 22.1. The fraction of sp³-hybridized carbons (Fsp3) is 0.263. The zero-order valence-electron chi connectivity index (χ0n) is 16.6. The smallest absolute Gasteiger partial charge is 0.244 e. The van der Waals surface area contributed by atoms with E-state index in [2.05, 4.69) is 5.32 Å². The lowest BCUT2D eigenvalue weighted by Gasteiger charge is -2.14. The third-order valence-electron chi connectivity index (χ3n) is 4.28. The molecule has 0 aliphatic heterocycles. The van der Waals surface area contributed by atoms with E-state index in [0.29, 0.717) is 12.4 Å². The molecule has 0 saturated heterocycles. The molecule has 0 spiro atoms. The first-order valence-corrected chi connectivity index (χ1v) is 11.6. The molecule has 0 fully saturated rings. The summed E-state index contributed by atoms with van der Waals surface area (Å²) >= 11 is 7.38. The first-order valence-electron chi connectivity index (χ1n) is 8.96. The van der Waals surface area contributed by atoms with Gasteiger partial charge in [0.2, 0.25) is 15.9 Å². The Morgan fingerprint density at radius 1 is 1.27 bits per heavy atom. The van der Waals surface area contributed by atoms with Crippen LogP contribution in [-0.2, 0) is 21.4 Å². The van der Waals surface area contributed by atoms with Crippen molar-refractivity contribution in [2.75, 3.05) is 26.0 Å². The minimum atomic E-state index is -3.67. The number of nitrogens with one attached hydrogen (secondary N) is 2. The number of carbonyl (C=O) groups excluding carboxylic acids is 1. The van der Waals surface area contributed by atoms with Crippen molar-refractivity contribution in [2.45, 2.75) is 18.4 Å². The predicted molar refractivity (Wildman–Crippen MR) is 118 cm³/mol. The Bertz CT molecular complexity index is 1270. The number of thiazole rings is 1. The molecule has 0 saturated carbocycles. The normalized spacial score (nSPS) is 11.8. The van der Waals surface area contributed by atoms with Gasteiger partial charge in [0, 0.05) is 14.1 Å². The Balaban J connectivity index is 1.86. The molecule has 2 aromatic carbocycles. The number of aromatic nitrogens is 1. The van der Waals surface area contributed by atoms with Gasteiger partial charge in [-0.3, -0.25) is 10.2 Å². The van der Waals surface area contributed by atoms with E-state index in [1.165, 1.54) is 43.6 Å². The first-order chi connectivity index (χ1) is 14.1. The van der Waals surface area contributed by atoms with E-state index in [1.54, 1.807) is 16.7 Å². The molecule has 11 heteroatoms. The number of benzene rings is 2. The Morgan fingerprint density at radius 3 is 2.67 bits per heavy atom.